The first-order chi connectivity index (χ1) is 11.6. The molecule has 1 aliphatic rings. The zero-order valence-electron chi connectivity index (χ0n) is 15.0. The average molecular weight is 466 g/mol. The van der Waals surface area contributed by atoms with Gasteiger partial charge in [-0.25, -0.2) is 13.8 Å². The number of hydrogen-bond donors (Lipinski definition) is 2. The minimum atomic E-state index is -0.442. The number of hydrogen-bond acceptors (Lipinski definition) is 2. The third-order valence-corrected chi connectivity index (χ3v) is 4.23. The number of piperidine rings is 1. The van der Waals surface area contributed by atoms with Crippen LogP contribution in [0, 0.1) is 11.6 Å². The monoisotopic (exact) mass is 466 g/mol. The van der Waals surface area contributed by atoms with Crippen LogP contribution < -0.4 is 10.6 Å². The number of aliphatic imine (C=N–C) groups is 1. The molecule has 0 amide bonds. The van der Waals surface area contributed by atoms with Crippen molar-refractivity contribution in [3.05, 3.63) is 35.4 Å². The lowest BCUT2D eigenvalue weighted by atomic mass is 10.1. The molecule has 0 aromatic heterocycles. The van der Waals surface area contributed by atoms with Gasteiger partial charge in [0.25, 0.3) is 0 Å². The molecule has 25 heavy (non-hydrogen) atoms. The van der Waals surface area contributed by atoms with Crippen molar-refractivity contribution >= 4 is 29.9 Å². The molecule has 7 heteroatoms. The second kappa shape index (κ2) is 11.6. The van der Waals surface area contributed by atoms with Crippen LogP contribution in [0.5, 0.6) is 0 Å². The SMILES string of the molecule is CCCN1CCC(NC(=NCc2cc(F)ccc2F)NCC)CC1.I. The summed E-state index contributed by atoms with van der Waals surface area (Å²) in [6.45, 7) is 8.36. The molecule has 2 rings (SSSR count). The van der Waals surface area contributed by atoms with Crippen LogP contribution in [0.15, 0.2) is 23.2 Å². The second-order valence-corrected chi connectivity index (χ2v) is 6.19. The maximum atomic E-state index is 13.7. The molecule has 1 saturated heterocycles. The summed E-state index contributed by atoms with van der Waals surface area (Å²) in [4.78, 5) is 6.89. The Morgan fingerprint density at radius 2 is 1.96 bits per heavy atom. The van der Waals surface area contributed by atoms with Gasteiger partial charge in [-0.1, -0.05) is 6.92 Å². The van der Waals surface area contributed by atoms with Gasteiger partial charge in [-0.15, -0.1) is 24.0 Å². The first-order valence-electron chi connectivity index (χ1n) is 8.83. The van der Waals surface area contributed by atoms with Gasteiger partial charge < -0.3 is 15.5 Å². The highest BCUT2D eigenvalue weighted by Gasteiger charge is 2.19. The van der Waals surface area contributed by atoms with Gasteiger partial charge in [0.05, 0.1) is 6.54 Å². The Bertz CT molecular complexity index is 546. The Kier molecular flexibility index (Phi) is 10.3. The van der Waals surface area contributed by atoms with Crippen LogP contribution in [-0.4, -0.2) is 43.1 Å². The highest BCUT2D eigenvalue weighted by atomic mass is 127. The summed E-state index contributed by atoms with van der Waals surface area (Å²) in [5.41, 5.74) is 0.268. The number of benzene rings is 1. The molecule has 0 bridgehead atoms. The third kappa shape index (κ3) is 7.43. The van der Waals surface area contributed by atoms with Crippen LogP contribution in [-0.2, 0) is 6.54 Å². The minimum absolute atomic E-state index is 0. The van der Waals surface area contributed by atoms with Crippen LogP contribution in [0.3, 0.4) is 0 Å². The molecule has 142 valence electrons. The quantitative estimate of drug-likeness (QED) is 0.383. The largest absolute Gasteiger partial charge is 0.357 e. The number of nitrogens with zero attached hydrogens (tertiary/aromatic N) is 2. The Labute approximate surface area is 166 Å². The van der Waals surface area contributed by atoms with Crippen molar-refractivity contribution in [2.45, 2.75) is 45.7 Å². The third-order valence-electron chi connectivity index (χ3n) is 4.23. The Morgan fingerprint density at radius 3 is 2.60 bits per heavy atom. The molecule has 2 N–H and O–H groups in total. The van der Waals surface area contributed by atoms with Gasteiger partial charge in [0.1, 0.15) is 11.6 Å². The molecule has 0 spiro atoms. The van der Waals surface area contributed by atoms with E-state index in [4.69, 9.17) is 0 Å². The number of rotatable bonds is 6. The molecule has 1 fully saturated rings. The lowest BCUT2D eigenvalue weighted by Gasteiger charge is -2.32. The van der Waals surface area contributed by atoms with Crippen LogP contribution in [0.1, 0.15) is 38.7 Å². The number of halogens is 3. The number of guanidine groups is 1. The van der Waals surface area contributed by atoms with Crippen LogP contribution in [0.25, 0.3) is 0 Å². The zero-order valence-corrected chi connectivity index (χ0v) is 17.4. The van der Waals surface area contributed by atoms with E-state index in [1.165, 1.54) is 12.5 Å². The van der Waals surface area contributed by atoms with E-state index in [0.717, 1.165) is 51.2 Å². The van der Waals surface area contributed by atoms with E-state index < -0.39 is 11.6 Å². The molecule has 1 aromatic carbocycles. The summed E-state index contributed by atoms with van der Waals surface area (Å²) in [5, 5.41) is 6.60. The summed E-state index contributed by atoms with van der Waals surface area (Å²) >= 11 is 0. The topological polar surface area (TPSA) is 39.7 Å². The fraction of sp³-hybridized carbons (Fsp3) is 0.611. The zero-order chi connectivity index (χ0) is 17.4. The Morgan fingerprint density at radius 1 is 1.24 bits per heavy atom. The van der Waals surface area contributed by atoms with Crippen molar-refractivity contribution in [3.8, 4) is 0 Å². The molecule has 0 radical (unpaired) electrons. The number of likely N-dealkylation sites (tertiary alicyclic amines) is 1. The van der Waals surface area contributed by atoms with E-state index in [-0.39, 0.29) is 36.1 Å². The van der Waals surface area contributed by atoms with E-state index >= 15 is 0 Å². The summed E-state index contributed by atoms with van der Waals surface area (Å²) in [5.74, 6) is -0.207. The molecular weight excluding hydrogens is 437 g/mol. The summed E-state index contributed by atoms with van der Waals surface area (Å²) in [7, 11) is 0. The lowest BCUT2D eigenvalue weighted by Crippen LogP contribution is -2.48. The van der Waals surface area contributed by atoms with Crippen molar-refractivity contribution < 1.29 is 8.78 Å². The van der Waals surface area contributed by atoms with Crippen LogP contribution in [0.4, 0.5) is 8.78 Å². The Balaban J connectivity index is 0.00000312. The molecule has 4 nitrogen and oxygen atoms in total. The first kappa shape index (κ1) is 22.1. The van der Waals surface area contributed by atoms with Gasteiger partial charge in [0.2, 0.25) is 0 Å². The first-order valence-corrected chi connectivity index (χ1v) is 8.83. The fourth-order valence-electron chi connectivity index (χ4n) is 2.96. The summed E-state index contributed by atoms with van der Waals surface area (Å²) in [6, 6.07) is 3.83. The molecular formula is C18H29F2IN4. The fourth-order valence-corrected chi connectivity index (χ4v) is 2.96. The van der Waals surface area contributed by atoms with Crippen molar-refractivity contribution in [2.75, 3.05) is 26.2 Å². The highest BCUT2D eigenvalue weighted by molar-refractivity contribution is 14.0. The molecule has 0 aliphatic carbocycles. The number of nitrogens with one attached hydrogen (secondary N) is 2. The molecule has 1 heterocycles. The summed E-state index contributed by atoms with van der Waals surface area (Å²) in [6.07, 6.45) is 3.32. The smallest absolute Gasteiger partial charge is 0.191 e. The van der Waals surface area contributed by atoms with Gasteiger partial charge >= 0.3 is 0 Å². The van der Waals surface area contributed by atoms with Gasteiger partial charge in [-0.2, -0.15) is 0 Å². The Hall–Kier alpha value is -0.960. The molecule has 0 unspecified atom stereocenters. The van der Waals surface area contributed by atoms with Crippen molar-refractivity contribution in [1.82, 2.24) is 15.5 Å². The van der Waals surface area contributed by atoms with E-state index in [0.29, 0.717) is 12.0 Å². The van der Waals surface area contributed by atoms with Crippen LogP contribution >= 0.6 is 24.0 Å². The van der Waals surface area contributed by atoms with E-state index in [9.17, 15) is 8.78 Å². The van der Waals surface area contributed by atoms with Gasteiger partial charge in [-0.05, 0) is 50.9 Å². The van der Waals surface area contributed by atoms with Gasteiger partial charge in [0, 0.05) is 31.2 Å². The second-order valence-electron chi connectivity index (χ2n) is 6.19. The van der Waals surface area contributed by atoms with Crippen LogP contribution in [0.2, 0.25) is 0 Å². The molecule has 1 aromatic rings. The molecule has 0 saturated carbocycles. The maximum absolute atomic E-state index is 13.7. The van der Waals surface area contributed by atoms with Gasteiger partial charge in [-0.3, -0.25) is 0 Å². The normalized spacial score (nSPS) is 16.4. The van der Waals surface area contributed by atoms with E-state index in [1.807, 2.05) is 6.92 Å². The maximum Gasteiger partial charge on any atom is 0.191 e. The predicted octanol–water partition coefficient (Wildman–Crippen LogP) is 3.51. The molecule has 1 aliphatic heterocycles. The van der Waals surface area contributed by atoms with Gasteiger partial charge in [0.15, 0.2) is 5.96 Å². The van der Waals surface area contributed by atoms with E-state index in [1.54, 1.807) is 0 Å². The molecule has 0 atom stereocenters. The standard InChI is InChI=1S/C18H28F2N4.HI/c1-3-9-24-10-7-16(8-11-24)23-18(21-4-2)22-13-14-12-15(19)5-6-17(14)20;/h5-6,12,16H,3-4,7-11,13H2,1-2H3,(H2,21,22,23);1H. The predicted molar refractivity (Wildman–Crippen MR) is 109 cm³/mol. The van der Waals surface area contributed by atoms with E-state index in [2.05, 4.69) is 27.4 Å². The summed E-state index contributed by atoms with van der Waals surface area (Å²) < 4.78 is 26.9. The van der Waals surface area contributed by atoms with Crippen molar-refractivity contribution in [3.63, 3.8) is 0 Å². The van der Waals surface area contributed by atoms with Crippen molar-refractivity contribution in [2.24, 2.45) is 4.99 Å². The highest BCUT2D eigenvalue weighted by Crippen LogP contribution is 2.12. The lowest BCUT2D eigenvalue weighted by molar-refractivity contribution is 0.206. The average Bonchev–Trinajstić information content (AvgIpc) is 2.57. The minimum Gasteiger partial charge on any atom is -0.357 e. The van der Waals surface area contributed by atoms with Crippen molar-refractivity contribution in [1.29, 1.82) is 0 Å².